The van der Waals surface area contributed by atoms with Crippen LogP contribution in [0.1, 0.15) is 65.3 Å². The molecule has 0 saturated heterocycles. The van der Waals surface area contributed by atoms with Gasteiger partial charge in [-0.2, -0.15) is 0 Å². The Morgan fingerprint density at radius 1 is 1.05 bits per heavy atom. The minimum atomic E-state index is -0.290. The predicted molar refractivity (Wildman–Crippen MR) is 168 cm³/mol. The van der Waals surface area contributed by atoms with E-state index < -0.39 is 0 Å². The number of carbonyl (C=O) groups excluding carboxylic acids is 1. The van der Waals surface area contributed by atoms with Crippen LogP contribution in [0.4, 0.5) is 5.69 Å². The summed E-state index contributed by atoms with van der Waals surface area (Å²) >= 11 is 12.8. The molecule has 0 spiro atoms. The van der Waals surface area contributed by atoms with E-state index in [1.807, 2.05) is 25.1 Å². The summed E-state index contributed by atoms with van der Waals surface area (Å²) in [6.07, 6.45) is 4.33. The number of carbonyl (C=O) groups is 1. The van der Waals surface area contributed by atoms with Crippen LogP contribution in [-0.2, 0) is 13.1 Å². The van der Waals surface area contributed by atoms with Crippen LogP contribution in [0.3, 0.4) is 0 Å². The second kappa shape index (κ2) is 13.8. The Morgan fingerprint density at radius 2 is 1.71 bits per heavy atom. The molecule has 1 saturated carbocycles. The molecule has 1 heterocycles. The molecule has 41 heavy (non-hydrogen) atoms. The molecule has 7 nitrogen and oxygen atoms in total. The highest BCUT2D eigenvalue weighted by Crippen LogP contribution is 2.34. The highest BCUT2D eigenvalue weighted by atomic mass is 35.5. The third-order valence-electron chi connectivity index (χ3n) is 8.20. The fraction of sp³-hybridized carbons (Fsp3) is 0.438. The zero-order valence-corrected chi connectivity index (χ0v) is 26.0. The molecule has 0 atom stereocenters. The molecule has 2 N–H and O–H groups in total. The molecule has 4 rings (SSSR count). The van der Waals surface area contributed by atoms with Gasteiger partial charge in [0, 0.05) is 59.8 Å². The van der Waals surface area contributed by atoms with Crippen molar-refractivity contribution in [2.75, 3.05) is 25.6 Å². The number of hydrogen-bond acceptors (Lipinski definition) is 5. The molecule has 1 aromatic heterocycles. The second-order valence-electron chi connectivity index (χ2n) is 10.9. The van der Waals surface area contributed by atoms with E-state index in [9.17, 15) is 9.59 Å². The number of aryl methyl sites for hydroxylation is 1. The van der Waals surface area contributed by atoms with Gasteiger partial charge >= 0.3 is 0 Å². The number of pyridine rings is 1. The molecule has 1 aliphatic carbocycles. The quantitative estimate of drug-likeness (QED) is 0.260. The number of anilines is 1. The Labute approximate surface area is 252 Å². The van der Waals surface area contributed by atoms with Crippen molar-refractivity contribution in [1.82, 2.24) is 15.2 Å². The Kier molecular flexibility index (Phi) is 10.4. The van der Waals surface area contributed by atoms with Crippen LogP contribution < -0.4 is 20.4 Å². The number of amides is 1. The maximum Gasteiger partial charge on any atom is 0.251 e. The lowest BCUT2D eigenvalue weighted by Crippen LogP contribution is -2.43. The van der Waals surface area contributed by atoms with Gasteiger partial charge in [-0.1, -0.05) is 35.3 Å². The van der Waals surface area contributed by atoms with Gasteiger partial charge in [0.25, 0.3) is 5.91 Å². The van der Waals surface area contributed by atoms with Gasteiger partial charge in [-0.15, -0.1) is 0 Å². The van der Waals surface area contributed by atoms with Gasteiger partial charge in [0.05, 0.1) is 12.7 Å². The van der Waals surface area contributed by atoms with Gasteiger partial charge in [0.2, 0.25) is 0 Å². The molecule has 0 aliphatic heterocycles. The predicted octanol–water partition coefficient (Wildman–Crippen LogP) is 6.51. The normalized spacial score (nSPS) is 17.0. The first-order chi connectivity index (χ1) is 19.6. The van der Waals surface area contributed by atoms with Crippen LogP contribution >= 0.6 is 23.2 Å². The maximum absolute atomic E-state index is 13.3. The zero-order valence-electron chi connectivity index (χ0n) is 24.5. The summed E-state index contributed by atoms with van der Waals surface area (Å²) in [5.74, 6) is 0.585. The van der Waals surface area contributed by atoms with Crippen molar-refractivity contribution in [2.45, 2.75) is 71.6 Å². The summed E-state index contributed by atoms with van der Waals surface area (Å²) in [5, 5.41) is 3.60. The maximum atomic E-state index is 13.3. The Bertz CT molecular complexity index is 1420. The molecule has 9 heteroatoms. The summed E-state index contributed by atoms with van der Waals surface area (Å²) in [7, 11) is 3.89. The average molecular weight is 600 g/mol. The number of ether oxygens (including phenoxy) is 1. The molecule has 220 valence electrons. The summed E-state index contributed by atoms with van der Waals surface area (Å²) in [5.41, 5.74) is 4.41. The Morgan fingerprint density at radius 3 is 2.32 bits per heavy atom. The number of hydrogen-bond donors (Lipinski definition) is 2. The fourth-order valence-corrected chi connectivity index (χ4v) is 6.41. The molecule has 1 fully saturated rings. The van der Waals surface area contributed by atoms with Gasteiger partial charge in [-0.05, 0) is 88.9 Å². The van der Waals surface area contributed by atoms with Gasteiger partial charge in [0.1, 0.15) is 10.9 Å². The molecule has 1 aliphatic rings. The average Bonchev–Trinajstić information content (AvgIpc) is 2.95. The Hall–Kier alpha value is -3.00. The van der Waals surface area contributed by atoms with Crippen LogP contribution in [0.2, 0.25) is 10.2 Å². The lowest BCUT2D eigenvalue weighted by molar-refractivity contribution is 0.0950. The van der Waals surface area contributed by atoms with E-state index in [0.717, 1.165) is 55.8 Å². The van der Waals surface area contributed by atoms with Crippen LogP contribution in [0, 0.1) is 13.8 Å². The first-order valence-corrected chi connectivity index (χ1v) is 14.9. The number of H-pyrrole nitrogens is 1. The number of aromatic amines is 1. The van der Waals surface area contributed by atoms with Gasteiger partial charge in [-0.3, -0.25) is 14.5 Å². The fourth-order valence-electron chi connectivity index (χ4n) is 5.89. The third-order valence-corrected chi connectivity index (χ3v) is 8.74. The molecule has 2 aromatic carbocycles. The number of halogens is 2. The van der Waals surface area contributed by atoms with Crippen LogP contribution in [0.5, 0.6) is 5.75 Å². The number of methoxy groups -OCH3 is 1. The number of nitrogens with zero attached hydrogens (tertiary/aromatic N) is 2. The van der Waals surface area contributed by atoms with E-state index >= 15 is 0 Å². The van der Waals surface area contributed by atoms with E-state index in [1.54, 1.807) is 20.1 Å². The van der Waals surface area contributed by atoms with Gasteiger partial charge in [0.15, 0.2) is 5.43 Å². The van der Waals surface area contributed by atoms with Crippen molar-refractivity contribution >= 4 is 34.8 Å². The van der Waals surface area contributed by atoms with E-state index in [-0.39, 0.29) is 23.0 Å². The van der Waals surface area contributed by atoms with Crippen molar-refractivity contribution in [3.63, 3.8) is 0 Å². The van der Waals surface area contributed by atoms with Crippen molar-refractivity contribution in [3.05, 3.63) is 90.8 Å². The molecule has 0 bridgehead atoms. The number of aromatic nitrogens is 1. The molecular weight excluding hydrogens is 559 g/mol. The van der Waals surface area contributed by atoms with E-state index in [0.29, 0.717) is 33.9 Å². The smallest absolute Gasteiger partial charge is 0.251 e. The Balaban J connectivity index is 1.43. The summed E-state index contributed by atoms with van der Waals surface area (Å²) in [4.78, 5) is 33.4. The number of benzene rings is 2. The van der Waals surface area contributed by atoms with Gasteiger partial charge < -0.3 is 19.9 Å². The molecular formula is C32H40Cl2N4O3. The van der Waals surface area contributed by atoms with E-state index in [1.165, 1.54) is 11.6 Å². The highest BCUT2D eigenvalue weighted by molar-refractivity contribution is 6.31. The number of nitrogens with one attached hydrogen (secondary N) is 2. The van der Waals surface area contributed by atoms with Crippen LogP contribution in [0.15, 0.2) is 47.3 Å². The molecule has 0 unspecified atom stereocenters. The monoisotopic (exact) mass is 598 g/mol. The lowest BCUT2D eigenvalue weighted by Gasteiger charge is -2.41. The van der Waals surface area contributed by atoms with Crippen molar-refractivity contribution in [2.24, 2.45) is 0 Å². The van der Waals surface area contributed by atoms with Crippen molar-refractivity contribution in [1.29, 1.82) is 0 Å². The summed E-state index contributed by atoms with van der Waals surface area (Å²) in [6, 6.07) is 14.3. The molecule has 0 radical (unpaired) electrons. The summed E-state index contributed by atoms with van der Waals surface area (Å²) < 4.78 is 5.28. The lowest BCUT2D eigenvalue weighted by atomic mass is 9.88. The molecule has 1 amide bonds. The van der Waals surface area contributed by atoms with Crippen molar-refractivity contribution in [3.8, 4) is 5.75 Å². The van der Waals surface area contributed by atoms with Crippen LogP contribution in [0.25, 0.3) is 0 Å². The highest BCUT2D eigenvalue weighted by Gasteiger charge is 2.29. The second-order valence-corrected chi connectivity index (χ2v) is 11.7. The SMILES string of the molecule is CCN(c1cc(Cl)cc(C(=O)NCc2c(Cl)[nH]c(C)cc2=O)c1C)[C@H]1CC[C@H](N(C)Cc2ccc(OC)cc2)CC1. The topological polar surface area (TPSA) is 77.7 Å². The van der Waals surface area contributed by atoms with E-state index in [2.05, 4.69) is 46.2 Å². The third kappa shape index (κ3) is 7.45. The zero-order chi connectivity index (χ0) is 29.7. The summed E-state index contributed by atoms with van der Waals surface area (Å²) in [6.45, 7) is 7.62. The standard InChI is InChI=1S/C32H40Cl2N4O3/c1-6-38(25-11-9-24(10-12-25)37(4)19-22-7-13-26(41-5)14-8-22)29-17-23(33)16-27(21(29)3)32(40)35-18-28-30(39)15-20(2)36-31(28)34/h7-8,13-17,24-25H,6,9-12,18-19H2,1-5H3,(H,35,40)(H,36,39)/t24-,25-. The van der Waals surface area contributed by atoms with E-state index in [4.69, 9.17) is 27.9 Å². The largest absolute Gasteiger partial charge is 0.497 e. The minimum Gasteiger partial charge on any atom is -0.497 e. The molecule has 3 aromatic rings. The van der Waals surface area contributed by atoms with Gasteiger partial charge in [-0.25, -0.2) is 0 Å². The minimum absolute atomic E-state index is 0.0279. The first-order valence-electron chi connectivity index (χ1n) is 14.2. The van der Waals surface area contributed by atoms with Crippen molar-refractivity contribution < 1.29 is 9.53 Å². The number of rotatable bonds is 10. The van der Waals surface area contributed by atoms with Crippen LogP contribution in [-0.4, -0.2) is 48.6 Å². The first kappa shape index (κ1) is 30.9.